The molecule has 1 aliphatic rings. The minimum Gasteiger partial charge on any atom is -0.477 e. The quantitative estimate of drug-likeness (QED) is 0.437. The van der Waals surface area contributed by atoms with Crippen LogP contribution in [-0.2, 0) is 16.1 Å². The number of rotatable bonds is 6. The molecule has 9 heteroatoms. The van der Waals surface area contributed by atoms with Crippen LogP contribution in [0.25, 0.3) is 0 Å². The van der Waals surface area contributed by atoms with Crippen LogP contribution in [0, 0.1) is 10.1 Å². The first-order chi connectivity index (χ1) is 15.5. The van der Waals surface area contributed by atoms with E-state index in [1.807, 2.05) is 60.7 Å². The van der Waals surface area contributed by atoms with E-state index in [1.54, 1.807) is 11.8 Å². The molecule has 0 saturated carbocycles. The molecule has 1 aromatic heterocycles. The van der Waals surface area contributed by atoms with E-state index >= 15 is 0 Å². The number of fused-ring (bicyclic) bond motifs is 1. The van der Waals surface area contributed by atoms with Crippen LogP contribution in [-0.4, -0.2) is 34.4 Å². The number of carbonyl (C=O) groups is 2. The Kier molecular flexibility index (Phi) is 5.80. The third kappa shape index (κ3) is 4.13. The van der Waals surface area contributed by atoms with Gasteiger partial charge in [0.05, 0.1) is 6.54 Å². The molecule has 0 radical (unpaired) electrons. The average molecular weight is 432 g/mol. The summed E-state index contributed by atoms with van der Waals surface area (Å²) in [5.41, 5.74) is 1.58. The van der Waals surface area contributed by atoms with Gasteiger partial charge in [-0.2, -0.15) is 0 Å². The molecule has 2 heterocycles. The molecule has 162 valence electrons. The Labute approximate surface area is 184 Å². The van der Waals surface area contributed by atoms with Gasteiger partial charge in [-0.15, -0.1) is 0 Å². The van der Waals surface area contributed by atoms with Gasteiger partial charge in [0.2, 0.25) is 5.91 Å². The third-order valence-electron chi connectivity index (χ3n) is 5.12. The summed E-state index contributed by atoms with van der Waals surface area (Å²) in [5.74, 6) is -1.11. The topological polar surface area (TPSA) is 106 Å². The highest BCUT2D eigenvalue weighted by Gasteiger charge is 2.39. The zero-order valence-electron chi connectivity index (χ0n) is 17.2. The van der Waals surface area contributed by atoms with Gasteiger partial charge in [-0.05, 0) is 40.6 Å². The third-order valence-corrected chi connectivity index (χ3v) is 5.12. The fourth-order valence-corrected chi connectivity index (χ4v) is 3.55. The van der Waals surface area contributed by atoms with E-state index < -0.39 is 22.7 Å². The summed E-state index contributed by atoms with van der Waals surface area (Å²) in [4.78, 5) is 43.6. The second-order valence-corrected chi connectivity index (χ2v) is 7.22. The van der Waals surface area contributed by atoms with Crippen LogP contribution in [0.3, 0.4) is 0 Å². The van der Waals surface area contributed by atoms with Gasteiger partial charge in [0.25, 0.3) is 11.7 Å². The van der Waals surface area contributed by atoms with E-state index in [0.717, 1.165) is 5.56 Å². The summed E-state index contributed by atoms with van der Waals surface area (Å²) in [6.07, 6.45) is 0. The molecular weight excluding hydrogens is 412 g/mol. The summed E-state index contributed by atoms with van der Waals surface area (Å²) in [6, 6.07) is 20.2. The fraction of sp³-hybridized carbons (Fsp3) is 0.174. The summed E-state index contributed by atoms with van der Waals surface area (Å²) >= 11 is 0. The number of hydrogen-bond donors (Lipinski definition) is 0. The Morgan fingerprint density at radius 1 is 1.12 bits per heavy atom. The van der Waals surface area contributed by atoms with Gasteiger partial charge in [-0.25, -0.2) is 0 Å². The van der Waals surface area contributed by atoms with Gasteiger partial charge in [0.15, 0.2) is 12.4 Å². The van der Waals surface area contributed by atoms with Crippen LogP contribution in [0.1, 0.15) is 12.5 Å². The highest BCUT2D eigenvalue weighted by atomic mass is 16.6. The van der Waals surface area contributed by atoms with E-state index in [4.69, 9.17) is 4.74 Å². The molecule has 2 aromatic carbocycles. The van der Waals surface area contributed by atoms with Gasteiger partial charge in [0.1, 0.15) is 6.04 Å². The van der Waals surface area contributed by atoms with Crippen molar-refractivity contribution in [3.8, 4) is 5.75 Å². The summed E-state index contributed by atoms with van der Waals surface area (Å²) in [7, 11) is 0. The zero-order chi connectivity index (χ0) is 22.7. The smallest absolute Gasteiger partial charge is 0.366 e. The van der Waals surface area contributed by atoms with E-state index in [1.165, 1.54) is 17.0 Å². The lowest BCUT2D eigenvalue weighted by Crippen LogP contribution is -2.53. The molecular formula is C23H20N4O5. The average Bonchev–Trinajstić information content (AvgIpc) is 2.82. The molecule has 0 N–H and O–H groups in total. The van der Waals surface area contributed by atoms with Crippen LogP contribution >= 0.6 is 0 Å². The highest BCUT2D eigenvalue weighted by Crippen LogP contribution is 2.34. The monoisotopic (exact) mass is 432 g/mol. The minimum atomic E-state index is -0.969. The summed E-state index contributed by atoms with van der Waals surface area (Å²) < 4.78 is 5.37. The van der Waals surface area contributed by atoms with Crippen molar-refractivity contribution in [1.29, 1.82) is 0 Å². The van der Waals surface area contributed by atoms with Crippen molar-refractivity contribution in [3.05, 3.63) is 88.5 Å². The second kappa shape index (κ2) is 8.84. The lowest BCUT2D eigenvalue weighted by atomic mass is 10.1. The van der Waals surface area contributed by atoms with Crippen molar-refractivity contribution >= 4 is 29.1 Å². The summed E-state index contributed by atoms with van der Waals surface area (Å²) in [6.45, 7) is 1.59. The maximum Gasteiger partial charge on any atom is 0.366 e. The standard InChI is InChI=1S/C23H20N4O5/c1-16(26-21(28)15-32-19-12-13-20(27(30)31)24-22(19)26)23(29)25(18-10-6-3-7-11-18)14-17-8-4-2-5-9-17/h2-13,16H,14-15H2,1H3. The number of carbonyl (C=O) groups excluding carboxylic acids is 2. The lowest BCUT2D eigenvalue weighted by molar-refractivity contribution is -0.389. The predicted molar refractivity (Wildman–Crippen MR) is 117 cm³/mol. The first kappa shape index (κ1) is 21.0. The van der Waals surface area contributed by atoms with E-state index in [2.05, 4.69) is 4.98 Å². The zero-order valence-corrected chi connectivity index (χ0v) is 17.2. The van der Waals surface area contributed by atoms with Gasteiger partial charge in [-0.1, -0.05) is 48.5 Å². The number of nitro groups is 1. The molecule has 2 amide bonds. The number of amides is 2. The van der Waals surface area contributed by atoms with Crippen molar-refractivity contribution in [2.45, 2.75) is 19.5 Å². The van der Waals surface area contributed by atoms with Crippen LogP contribution in [0.2, 0.25) is 0 Å². The molecule has 1 atom stereocenters. The lowest BCUT2D eigenvalue weighted by Gasteiger charge is -2.33. The van der Waals surface area contributed by atoms with Gasteiger partial charge in [-0.3, -0.25) is 14.5 Å². The fourth-order valence-electron chi connectivity index (χ4n) is 3.55. The molecule has 0 aliphatic carbocycles. The number of hydrogen-bond acceptors (Lipinski definition) is 6. The molecule has 0 saturated heterocycles. The van der Waals surface area contributed by atoms with Crippen molar-refractivity contribution in [1.82, 2.24) is 4.98 Å². The molecule has 0 spiro atoms. The van der Waals surface area contributed by atoms with Crippen molar-refractivity contribution in [2.24, 2.45) is 0 Å². The first-order valence-electron chi connectivity index (χ1n) is 9.96. The maximum atomic E-state index is 13.7. The molecule has 3 aromatic rings. The second-order valence-electron chi connectivity index (χ2n) is 7.22. The molecule has 0 fully saturated rings. The number of ether oxygens (including phenoxy) is 1. The van der Waals surface area contributed by atoms with Gasteiger partial charge < -0.3 is 19.8 Å². The SMILES string of the molecule is CC(C(=O)N(Cc1ccccc1)c1ccccc1)N1C(=O)COc2ccc([N+](=O)[O-])nc21. The Balaban J connectivity index is 1.71. The maximum absolute atomic E-state index is 13.7. The minimum absolute atomic E-state index is 0.0379. The van der Waals surface area contributed by atoms with Crippen molar-refractivity contribution in [2.75, 3.05) is 16.4 Å². The van der Waals surface area contributed by atoms with Crippen LogP contribution in [0.15, 0.2) is 72.8 Å². The van der Waals surface area contributed by atoms with Crippen molar-refractivity contribution in [3.63, 3.8) is 0 Å². The Hall–Kier alpha value is -4.27. The Morgan fingerprint density at radius 3 is 2.44 bits per heavy atom. The van der Waals surface area contributed by atoms with E-state index in [9.17, 15) is 19.7 Å². The van der Waals surface area contributed by atoms with Crippen LogP contribution in [0.4, 0.5) is 17.3 Å². The normalized spacial score (nSPS) is 13.7. The number of para-hydroxylation sites is 1. The molecule has 1 aliphatic heterocycles. The first-order valence-corrected chi connectivity index (χ1v) is 9.96. The van der Waals surface area contributed by atoms with Gasteiger partial charge >= 0.3 is 5.82 Å². The van der Waals surface area contributed by atoms with Crippen LogP contribution in [0.5, 0.6) is 5.75 Å². The number of nitrogens with zero attached hydrogens (tertiary/aromatic N) is 4. The number of anilines is 2. The number of benzene rings is 2. The van der Waals surface area contributed by atoms with E-state index in [0.29, 0.717) is 12.2 Å². The molecule has 0 bridgehead atoms. The summed E-state index contributed by atoms with van der Waals surface area (Å²) in [5, 5.41) is 11.2. The predicted octanol–water partition coefficient (Wildman–Crippen LogP) is 3.34. The van der Waals surface area contributed by atoms with Crippen LogP contribution < -0.4 is 14.5 Å². The molecule has 32 heavy (non-hydrogen) atoms. The highest BCUT2D eigenvalue weighted by molar-refractivity contribution is 6.07. The van der Waals surface area contributed by atoms with Crippen molar-refractivity contribution < 1.29 is 19.2 Å². The largest absolute Gasteiger partial charge is 0.477 e. The number of aromatic nitrogens is 1. The molecule has 4 rings (SSSR count). The Bertz CT molecular complexity index is 1150. The molecule has 1 unspecified atom stereocenters. The molecule has 9 nitrogen and oxygen atoms in total. The van der Waals surface area contributed by atoms with Gasteiger partial charge in [0, 0.05) is 11.8 Å². The number of pyridine rings is 1. The Morgan fingerprint density at radius 2 is 1.78 bits per heavy atom. The van der Waals surface area contributed by atoms with E-state index in [-0.39, 0.29) is 24.1 Å².